The summed E-state index contributed by atoms with van der Waals surface area (Å²) >= 11 is 0. The Morgan fingerprint density at radius 1 is 1.04 bits per heavy atom. The van der Waals surface area contributed by atoms with Crippen molar-refractivity contribution < 1.29 is 23.8 Å². The summed E-state index contributed by atoms with van der Waals surface area (Å²) in [5.41, 5.74) is 2.86. The van der Waals surface area contributed by atoms with Gasteiger partial charge in [-0.05, 0) is 36.4 Å². The predicted molar refractivity (Wildman–Crippen MR) is 93.8 cm³/mol. The minimum Gasteiger partial charge on any atom is -0.497 e. The van der Waals surface area contributed by atoms with E-state index in [0.29, 0.717) is 33.9 Å². The second-order valence-electron chi connectivity index (χ2n) is 5.37. The van der Waals surface area contributed by atoms with Gasteiger partial charge in [-0.2, -0.15) is 0 Å². The smallest absolute Gasteiger partial charge is 0.337 e. The predicted octanol–water partition coefficient (Wildman–Crippen LogP) is 2.98. The van der Waals surface area contributed by atoms with Crippen LogP contribution in [0.5, 0.6) is 11.5 Å². The van der Waals surface area contributed by atoms with E-state index in [4.69, 9.17) is 14.2 Å². The number of rotatable bonds is 4. The van der Waals surface area contributed by atoms with Crippen LogP contribution in [0.3, 0.4) is 0 Å². The Morgan fingerprint density at radius 3 is 2.52 bits per heavy atom. The van der Waals surface area contributed by atoms with Crippen molar-refractivity contribution in [1.29, 1.82) is 0 Å². The zero-order valence-electron chi connectivity index (χ0n) is 14.1. The van der Waals surface area contributed by atoms with Crippen LogP contribution < -0.4 is 14.8 Å². The highest BCUT2D eigenvalue weighted by atomic mass is 16.5. The molecule has 0 atom stereocenters. The maximum absolute atomic E-state index is 12.4. The van der Waals surface area contributed by atoms with Crippen LogP contribution in [-0.2, 0) is 9.53 Å². The third kappa shape index (κ3) is 3.06. The number of benzene rings is 2. The SMILES string of the molecule is COC(=O)c1ccc2c(c1)NC(=O)/C2=C\c1cc(OC)ccc1OC. The van der Waals surface area contributed by atoms with E-state index in [1.807, 2.05) is 0 Å². The molecule has 1 aliphatic rings. The van der Waals surface area contributed by atoms with Crippen LogP contribution in [-0.4, -0.2) is 33.2 Å². The van der Waals surface area contributed by atoms with E-state index in [-0.39, 0.29) is 5.91 Å². The summed E-state index contributed by atoms with van der Waals surface area (Å²) in [5, 5.41) is 2.77. The molecular weight excluding hydrogens is 322 g/mol. The number of methoxy groups -OCH3 is 3. The molecule has 0 aliphatic carbocycles. The van der Waals surface area contributed by atoms with Gasteiger partial charge in [-0.3, -0.25) is 4.79 Å². The van der Waals surface area contributed by atoms with Gasteiger partial charge in [-0.1, -0.05) is 6.07 Å². The first-order chi connectivity index (χ1) is 12.1. The Kier molecular flexibility index (Phi) is 4.43. The van der Waals surface area contributed by atoms with Crippen LogP contribution in [0.1, 0.15) is 21.5 Å². The number of ether oxygens (including phenoxy) is 3. The molecule has 6 nitrogen and oxygen atoms in total. The van der Waals surface area contributed by atoms with Crippen LogP contribution in [0, 0.1) is 0 Å². The Balaban J connectivity index is 2.07. The lowest BCUT2D eigenvalue weighted by Gasteiger charge is -2.08. The van der Waals surface area contributed by atoms with Crippen LogP contribution in [0.4, 0.5) is 5.69 Å². The van der Waals surface area contributed by atoms with Gasteiger partial charge >= 0.3 is 5.97 Å². The lowest BCUT2D eigenvalue weighted by molar-refractivity contribution is -0.110. The van der Waals surface area contributed by atoms with Crippen molar-refractivity contribution >= 4 is 29.2 Å². The Labute approximate surface area is 145 Å². The molecule has 128 valence electrons. The van der Waals surface area contributed by atoms with E-state index in [1.165, 1.54) is 7.11 Å². The number of hydrogen-bond acceptors (Lipinski definition) is 5. The van der Waals surface area contributed by atoms with E-state index >= 15 is 0 Å². The molecule has 0 saturated carbocycles. The molecule has 0 radical (unpaired) electrons. The number of carbonyl (C=O) groups is 2. The summed E-state index contributed by atoms with van der Waals surface area (Å²) in [7, 11) is 4.45. The number of amides is 1. The van der Waals surface area contributed by atoms with E-state index in [1.54, 1.807) is 56.7 Å². The fraction of sp³-hybridized carbons (Fsp3) is 0.158. The highest BCUT2D eigenvalue weighted by Gasteiger charge is 2.25. The molecule has 2 aromatic carbocycles. The van der Waals surface area contributed by atoms with Crippen molar-refractivity contribution in [3.63, 3.8) is 0 Å². The van der Waals surface area contributed by atoms with E-state index in [0.717, 1.165) is 5.56 Å². The van der Waals surface area contributed by atoms with E-state index in [9.17, 15) is 9.59 Å². The third-order valence-electron chi connectivity index (χ3n) is 3.96. The van der Waals surface area contributed by atoms with Crippen LogP contribution in [0.15, 0.2) is 36.4 Å². The van der Waals surface area contributed by atoms with Crippen molar-refractivity contribution in [1.82, 2.24) is 0 Å². The third-order valence-corrected chi connectivity index (χ3v) is 3.96. The summed E-state index contributed by atoms with van der Waals surface area (Å²) < 4.78 is 15.3. The van der Waals surface area contributed by atoms with Gasteiger partial charge in [0.1, 0.15) is 11.5 Å². The first-order valence-corrected chi connectivity index (χ1v) is 7.55. The van der Waals surface area contributed by atoms with Gasteiger partial charge < -0.3 is 19.5 Å². The van der Waals surface area contributed by atoms with Crippen molar-refractivity contribution in [2.45, 2.75) is 0 Å². The average molecular weight is 339 g/mol. The molecule has 1 amide bonds. The number of anilines is 1. The zero-order valence-corrected chi connectivity index (χ0v) is 14.1. The molecular formula is C19H17NO5. The fourth-order valence-corrected chi connectivity index (χ4v) is 2.69. The molecule has 25 heavy (non-hydrogen) atoms. The first-order valence-electron chi connectivity index (χ1n) is 7.55. The normalized spacial score (nSPS) is 14.0. The summed E-state index contributed by atoms with van der Waals surface area (Å²) in [4.78, 5) is 24.0. The van der Waals surface area contributed by atoms with Crippen LogP contribution in [0.2, 0.25) is 0 Å². The lowest BCUT2D eigenvalue weighted by atomic mass is 10.0. The number of fused-ring (bicyclic) bond motifs is 1. The van der Waals surface area contributed by atoms with Crippen molar-refractivity contribution in [2.24, 2.45) is 0 Å². The Bertz CT molecular complexity index is 885. The monoisotopic (exact) mass is 339 g/mol. The summed E-state index contributed by atoms with van der Waals surface area (Å²) in [5.74, 6) is 0.582. The van der Waals surface area contributed by atoms with Gasteiger partial charge in [-0.15, -0.1) is 0 Å². The van der Waals surface area contributed by atoms with Gasteiger partial charge in [0.2, 0.25) is 0 Å². The molecule has 0 fully saturated rings. The van der Waals surface area contributed by atoms with Gasteiger partial charge in [0.25, 0.3) is 5.91 Å². The molecule has 0 spiro atoms. The number of esters is 1. The highest BCUT2D eigenvalue weighted by Crippen LogP contribution is 2.36. The summed E-state index contributed by atoms with van der Waals surface area (Å²) in [6, 6.07) is 10.3. The largest absolute Gasteiger partial charge is 0.497 e. The van der Waals surface area contributed by atoms with Crippen molar-refractivity contribution in [2.75, 3.05) is 26.6 Å². The average Bonchev–Trinajstić information content (AvgIpc) is 2.95. The number of hydrogen-bond donors (Lipinski definition) is 1. The first kappa shape index (κ1) is 16.6. The summed E-state index contributed by atoms with van der Waals surface area (Å²) in [6.07, 6.45) is 1.74. The van der Waals surface area contributed by atoms with Gasteiger partial charge in [0, 0.05) is 22.4 Å². The van der Waals surface area contributed by atoms with Gasteiger partial charge in [0.15, 0.2) is 0 Å². The molecule has 0 unspecified atom stereocenters. The second kappa shape index (κ2) is 6.68. The number of carbonyl (C=O) groups excluding carboxylic acids is 2. The Morgan fingerprint density at radius 2 is 1.84 bits per heavy atom. The maximum atomic E-state index is 12.4. The molecule has 2 aromatic rings. The standard InChI is InChI=1S/C19H17NO5/c1-23-13-5-7-17(24-2)12(8-13)9-15-14-6-4-11(19(22)25-3)10-16(14)20-18(15)21/h4-10H,1-3H3,(H,20,21)/b15-9-. The second-order valence-corrected chi connectivity index (χ2v) is 5.37. The van der Waals surface area contributed by atoms with Crippen molar-refractivity contribution in [3.8, 4) is 11.5 Å². The molecule has 1 heterocycles. The topological polar surface area (TPSA) is 73.9 Å². The molecule has 0 bridgehead atoms. The lowest BCUT2D eigenvalue weighted by Crippen LogP contribution is -2.04. The molecule has 0 saturated heterocycles. The van der Waals surface area contributed by atoms with E-state index in [2.05, 4.69) is 5.32 Å². The molecule has 6 heteroatoms. The van der Waals surface area contributed by atoms with Crippen LogP contribution >= 0.6 is 0 Å². The minimum atomic E-state index is -0.455. The van der Waals surface area contributed by atoms with Crippen LogP contribution in [0.25, 0.3) is 11.6 Å². The fourth-order valence-electron chi connectivity index (χ4n) is 2.69. The summed E-state index contributed by atoms with van der Waals surface area (Å²) in [6.45, 7) is 0. The van der Waals surface area contributed by atoms with Gasteiger partial charge in [0.05, 0.1) is 26.9 Å². The van der Waals surface area contributed by atoms with E-state index < -0.39 is 5.97 Å². The minimum absolute atomic E-state index is 0.248. The molecule has 1 N–H and O–H groups in total. The Hall–Kier alpha value is -3.28. The highest BCUT2D eigenvalue weighted by molar-refractivity contribution is 6.35. The maximum Gasteiger partial charge on any atom is 0.337 e. The quantitative estimate of drug-likeness (QED) is 0.685. The number of nitrogens with one attached hydrogen (secondary N) is 1. The molecule has 1 aliphatic heterocycles. The van der Waals surface area contributed by atoms with Gasteiger partial charge in [-0.25, -0.2) is 4.79 Å². The zero-order chi connectivity index (χ0) is 18.0. The van der Waals surface area contributed by atoms with Crippen molar-refractivity contribution in [3.05, 3.63) is 53.1 Å². The molecule has 3 rings (SSSR count). The molecule has 0 aromatic heterocycles.